The van der Waals surface area contributed by atoms with Crippen LogP contribution in [0.2, 0.25) is 0 Å². The predicted octanol–water partition coefficient (Wildman–Crippen LogP) is 3.14. The van der Waals surface area contributed by atoms with Crippen molar-refractivity contribution in [1.29, 1.82) is 0 Å². The van der Waals surface area contributed by atoms with Crippen LogP contribution in [0.25, 0.3) is 0 Å². The molecule has 0 aliphatic heterocycles. The number of carbonyl (C=O) groups is 1. The minimum Gasteiger partial charge on any atom is -0.382 e. The Balaban J connectivity index is 2.33. The molecular formula is C15H20N4OS. The molecule has 0 aliphatic rings. The van der Waals surface area contributed by atoms with Crippen LogP contribution >= 0.6 is 11.3 Å². The number of rotatable bonds is 5. The molecule has 6 heteroatoms. The molecule has 0 spiro atoms. The summed E-state index contributed by atoms with van der Waals surface area (Å²) in [4.78, 5) is 17.0. The van der Waals surface area contributed by atoms with Gasteiger partial charge in [0.1, 0.15) is 10.7 Å². The number of nitrogens with zero attached hydrogens (tertiary/aromatic N) is 1. The number of aryl methyl sites for hydroxylation is 2. The van der Waals surface area contributed by atoms with E-state index in [0.29, 0.717) is 10.0 Å². The fourth-order valence-electron chi connectivity index (χ4n) is 2.17. The Kier molecular flexibility index (Phi) is 4.80. The minimum atomic E-state index is -0.206. The zero-order chi connectivity index (χ0) is 15.4. The Morgan fingerprint density at radius 1 is 1.29 bits per heavy atom. The molecule has 5 nitrogen and oxygen atoms in total. The monoisotopic (exact) mass is 304 g/mol. The lowest BCUT2D eigenvalue weighted by molar-refractivity contribution is 0.103. The summed E-state index contributed by atoms with van der Waals surface area (Å²) >= 11 is 1.25. The van der Waals surface area contributed by atoms with E-state index in [4.69, 9.17) is 5.73 Å². The molecule has 0 radical (unpaired) electrons. The molecule has 0 atom stereocenters. The lowest BCUT2D eigenvalue weighted by Gasteiger charge is -2.13. The molecule has 0 unspecified atom stereocenters. The van der Waals surface area contributed by atoms with Crippen LogP contribution in [-0.4, -0.2) is 17.9 Å². The second kappa shape index (κ2) is 6.58. The van der Waals surface area contributed by atoms with Gasteiger partial charge < -0.3 is 16.4 Å². The summed E-state index contributed by atoms with van der Waals surface area (Å²) in [6, 6.07) is 6.08. The molecule has 0 saturated carbocycles. The SMILES string of the molecule is CCc1cccc(CC)c1NC(=O)c1sc(NC)nc1N. The van der Waals surface area contributed by atoms with E-state index in [-0.39, 0.29) is 11.7 Å². The van der Waals surface area contributed by atoms with E-state index in [9.17, 15) is 4.79 Å². The number of aromatic nitrogens is 1. The third-order valence-electron chi connectivity index (χ3n) is 3.31. The zero-order valence-electron chi connectivity index (χ0n) is 12.5. The van der Waals surface area contributed by atoms with Crippen molar-refractivity contribution in [3.8, 4) is 0 Å². The third kappa shape index (κ3) is 3.16. The van der Waals surface area contributed by atoms with Crippen LogP contribution in [0.3, 0.4) is 0 Å². The Morgan fingerprint density at radius 3 is 2.38 bits per heavy atom. The quantitative estimate of drug-likeness (QED) is 0.792. The van der Waals surface area contributed by atoms with E-state index >= 15 is 0 Å². The number of hydrogen-bond donors (Lipinski definition) is 3. The van der Waals surface area contributed by atoms with E-state index in [1.165, 1.54) is 11.3 Å². The van der Waals surface area contributed by atoms with E-state index < -0.39 is 0 Å². The van der Waals surface area contributed by atoms with Gasteiger partial charge in [0, 0.05) is 12.7 Å². The summed E-state index contributed by atoms with van der Waals surface area (Å²) in [6.45, 7) is 4.15. The van der Waals surface area contributed by atoms with Gasteiger partial charge in [0.05, 0.1) is 0 Å². The third-order valence-corrected chi connectivity index (χ3v) is 4.40. The van der Waals surface area contributed by atoms with Crippen LogP contribution in [0, 0.1) is 0 Å². The standard InChI is InChI=1S/C15H20N4OS/c1-4-9-7-6-8-10(5-2)11(9)18-14(20)12-13(16)19-15(17-3)21-12/h6-8H,4-5,16H2,1-3H3,(H,17,19)(H,18,20). The van der Waals surface area contributed by atoms with Crippen molar-refractivity contribution in [3.05, 3.63) is 34.2 Å². The summed E-state index contributed by atoms with van der Waals surface area (Å²) in [5.74, 6) is 0.0518. The summed E-state index contributed by atoms with van der Waals surface area (Å²) in [7, 11) is 1.75. The molecule has 1 amide bonds. The number of anilines is 3. The van der Waals surface area contributed by atoms with Crippen molar-refractivity contribution in [1.82, 2.24) is 4.98 Å². The second-order valence-corrected chi connectivity index (χ2v) is 5.59. The Morgan fingerprint density at radius 2 is 1.90 bits per heavy atom. The molecule has 112 valence electrons. The molecule has 4 N–H and O–H groups in total. The highest BCUT2D eigenvalue weighted by Gasteiger charge is 2.18. The van der Waals surface area contributed by atoms with Gasteiger partial charge in [-0.05, 0) is 24.0 Å². The van der Waals surface area contributed by atoms with E-state index in [1.54, 1.807) is 7.05 Å². The van der Waals surface area contributed by atoms with Gasteiger partial charge in [-0.2, -0.15) is 0 Å². The van der Waals surface area contributed by atoms with E-state index in [0.717, 1.165) is 29.7 Å². The smallest absolute Gasteiger partial charge is 0.269 e. The molecule has 1 heterocycles. The maximum atomic E-state index is 12.5. The summed E-state index contributed by atoms with van der Waals surface area (Å²) in [6.07, 6.45) is 1.73. The molecule has 1 aromatic heterocycles. The number of nitrogens with one attached hydrogen (secondary N) is 2. The number of hydrogen-bond acceptors (Lipinski definition) is 5. The number of nitrogens with two attached hydrogens (primary N) is 1. The van der Waals surface area contributed by atoms with Gasteiger partial charge in [0.25, 0.3) is 5.91 Å². The predicted molar refractivity (Wildman–Crippen MR) is 89.2 cm³/mol. The molecular weight excluding hydrogens is 284 g/mol. The van der Waals surface area contributed by atoms with Crippen molar-refractivity contribution in [2.45, 2.75) is 26.7 Å². The zero-order valence-corrected chi connectivity index (χ0v) is 13.3. The van der Waals surface area contributed by atoms with Crippen molar-refractivity contribution in [3.63, 3.8) is 0 Å². The molecule has 21 heavy (non-hydrogen) atoms. The van der Waals surface area contributed by atoms with Gasteiger partial charge in [-0.1, -0.05) is 43.4 Å². The first-order valence-corrected chi connectivity index (χ1v) is 7.78. The van der Waals surface area contributed by atoms with Gasteiger partial charge in [-0.25, -0.2) is 4.98 Å². The van der Waals surface area contributed by atoms with Gasteiger partial charge >= 0.3 is 0 Å². The number of carbonyl (C=O) groups excluding carboxylic acids is 1. The Labute approximate surface area is 128 Å². The van der Waals surface area contributed by atoms with Crippen LogP contribution in [0.4, 0.5) is 16.6 Å². The first kappa shape index (κ1) is 15.3. The molecule has 0 fully saturated rings. The highest BCUT2D eigenvalue weighted by atomic mass is 32.1. The van der Waals surface area contributed by atoms with Crippen LogP contribution in [0.1, 0.15) is 34.6 Å². The van der Waals surface area contributed by atoms with Crippen LogP contribution in [0.5, 0.6) is 0 Å². The molecule has 0 saturated heterocycles. The first-order valence-electron chi connectivity index (χ1n) is 6.96. The first-order chi connectivity index (χ1) is 10.1. The Bertz CT molecular complexity index is 629. The average Bonchev–Trinajstić information content (AvgIpc) is 2.88. The number of benzene rings is 1. The fraction of sp³-hybridized carbons (Fsp3) is 0.333. The maximum absolute atomic E-state index is 12.5. The number of thiazole rings is 1. The van der Waals surface area contributed by atoms with Crippen molar-refractivity contribution < 1.29 is 4.79 Å². The van der Waals surface area contributed by atoms with E-state index in [1.807, 2.05) is 18.2 Å². The fourth-order valence-corrected chi connectivity index (χ4v) is 2.91. The van der Waals surface area contributed by atoms with Gasteiger partial charge in [0.2, 0.25) is 0 Å². The normalized spacial score (nSPS) is 10.4. The molecule has 0 bridgehead atoms. The number of nitrogen functional groups attached to an aromatic ring is 1. The van der Waals surface area contributed by atoms with Crippen molar-refractivity contribution in [2.75, 3.05) is 23.4 Å². The summed E-state index contributed by atoms with van der Waals surface area (Å²) in [5.41, 5.74) is 8.96. The van der Waals surface area contributed by atoms with Gasteiger partial charge in [-0.15, -0.1) is 0 Å². The largest absolute Gasteiger partial charge is 0.382 e. The number of amides is 1. The van der Waals surface area contributed by atoms with Crippen LogP contribution in [-0.2, 0) is 12.8 Å². The molecule has 2 aromatic rings. The van der Waals surface area contributed by atoms with Crippen LogP contribution in [0.15, 0.2) is 18.2 Å². The van der Waals surface area contributed by atoms with Gasteiger partial charge in [-0.3, -0.25) is 4.79 Å². The molecule has 0 aliphatic carbocycles. The summed E-state index contributed by atoms with van der Waals surface area (Å²) in [5, 5.41) is 6.53. The lowest BCUT2D eigenvalue weighted by atomic mass is 10.0. The average molecular weight is 304 g/mol. The van der Waals surface area contributed by atoms with Crippen molar-refractivity contribution in [2.24, 2.45) is 0 Å². The Hall–Kier alpha value is -2.08. The minimum absolute atomic E-state index is 0.206. The maximum Gasteiger partial charge on any atom is 0.269 e. The summed E-state index contributed by atoms with van der Waals surface area (Å²) < 4.78 is 0. The van der Waals surface area contributed by atoms with Crippen molar-refractivity contribution >= 4 is 33.9 Å². The van der Waals surface area contributed by atoms with Crippen LogP contribution < -0.4 is 16.4 Å². The van der Waals surface area contributed by atoms with E-state index in [2.05, 4.69) is 29.5 Å². The molecule has 1 aromatic carbocycles. The second-order valence-electron chi connectivity index (χ2n) is 4.60. The molecule has 2 rings (SSSR count). The lowest BCUT2D eigenvalue weighted by Crippen LogP contribution is -2.15. The highest BCUT2D eigenvalue weighted by molar-refractivity contribution is 7.18. The van der Waals surface area contributed by atoms with Gasteiger partial charge in [0.15, 0.2) is 5.13 Å². The topological polar surface area (TPSA) is 80.0 Å². The highest BCUT2D eigenvalue weighted by Crippen LogP contribution is 2.28. The number of para-hydroxylation sites is 1.